The Morgan fingerprint density at radius 2 is 1.89 bits per heavy atom. The predicted octanol–water partition coefficient (Wildman–Crippen LogP) is 3.13. The van der Waals surface area contributed by atoms with Crippen LogP contribution in [-0.4, -0.2) is 25.2 Å². The summed E-state index contributed by atoms with van der Waals surface area (Å²) in [5.41, 5.74) is 1.62. The lowest BCUT2D eigenvalue weighted by Crippen LogP contribution is -2.51. The van der Waals surface area contributed by atoms with Crippen molar-refractivity contribution in [2.24, 2.45) is 5.92 Å². The standard InChI is InChI=1S/C20H20FN3O3S/c1-11-17(19(25)23-13-6-4-12(21)5-7-13)18(24-20(28)22-11)15-10-14(26-2)8-9-16(15)27-3/h4-10,17-18H,1H2,2-3H3,(H,23,25)(H2,22,24,28)/t17-,18+/m0/s1. The summed E-state index contributed by atoms with van der Waals surface area (Å²) < 4.78 is 23.9. The molecular weight excluding hydrogens is 381 g/mol. The predicted molar refractivity (Wildman–Crippen MR) is 109 cm³/mol. The monoisotopic (exact) mass is 401 g/mol. The van der Waals surface area contributed by atoms with Gasteiger partial charge in [-0.25, -0.2) is 4.39 Å². The lowest BCUT2D eigenvalue weighted by Gasteiger charge is -2.36. The van der Waals surface area contributed by atoms with E-state index < -0.39 is 12.0 Å². The SMILES string of the molecule is C=C1NC(=S)N[C@H](c2cc(OC)ccc2OC)[C@H]1C(=O)Nc1ccc(F)cc1. The number of methoxy groups -OCH3 is 2. The summed E-state index contributed by atoms with van der Waals surface area (Å²) in [7, 11) is 3.11. The Morgan fingerprint density at radius 3 is 2.54 bits per heavy atom. The Balaban J connectivity index is 1.97. The van der Waals surface area contributed by atoms with Gasteiger partial charge in [-0.05, 0) is 54.7 Å². The van der Waals surface area contributed by atoms with Gasteiger partial charge in [0.15, 0.2) is 5.11 Å². The molecule has 1 saturated heterocycles. The fourth-order valence-corrected chi connectivity index (χ4v) is 3.35. The van der Waals surface area contributed by atoms with E-state index in [9.17, 15) is 9.18 Å². The van der Waals surface area contributed by atoms with Crippen molar-refractivity contribution in [3.05, 3.63) is 66.1 Å². The number of rotatable bonds is 5. The molecule has 2 aromatic carbocycles. The topological polar surface area (TPSA) is 71.6 Å². The number of benzene rings is 2. The van der Waals surface area contributed by atoms with E-state index in [1.54, 1.807) is 32.4 Å². The van der Waals surface area contributed by atoms with Crippen LogP contribution in [0.4, 0.5) is 10.1 Å². The third kappa shape index (κ3) is 4.07. The molecule has 146 valence electrons. The van der Waals surface area contributed by atoms with Gasteiger partial charge < -0.3 is 25.4 Å². The smallest absolute Gasteiger partial charge is 0.235 e. The van der Waals surface area contributed by atoms with E-state index in [0.717, 1.165) is 0 Å². The van der Waals surface area contributed by atoms with Gasteiger partial charge in [-0.2, -0.15) is 0 Å². The molecule has 0 aliphatic carbocycles. The van der Waals surface area contributed by atoms with Crippen LogP contribution in [0.1, 0.15) is 11.6 Å². The van der Waals surface area contributed by atoms with Gasteiger partial charge in [0.2, 0.25) is 5.91 Å². The largest absolute Gasteiger partial charge is 0.497 e. The van der Waals surface area contributed by atoms with E-state index in [1.165, 1.54) is 24.3 Å². The molecule has 1 aliphatic heterocycles. The van der Waals surface area contributed by atoms with Crippen molar-refractivity contribution < 1.29 is 18.7 Å². The molecule has 0 spiro atoms. The molecule has 0 saturated carbocycles. The summed E-state index contributed by atoms with van der Waals surface area (Å²) in [6.45, 7) is 3.97. The molecule has 1 amide bonds. The van der Waals surface area contributed by atoms with E-state index in [1.807, 2.05) is 0 Å². The minimum absolute atomic E-state index is 0.325. The van der Waals surface area contributed by atoms with Crippen LogP contribution in [0.2, 0.25) is 0 Å². The molecule has 1 heterocycles. The van der Waals surface area contributed by atoms with Gasteiger partial charge in [-0.3, -0.25) is 4.79 Å². The second kappa shape index (κ2) is 8.26. The van der Waals surface area contributed by atoms with Crippen molar-refractivity contribution in [3.8, 4) is 11.5 Å². The van der Waals surface area contributed by atoms with Gasteiger partial charge >= 0.3 is 0 Å². The van der Waals surface area contributed by atoms with Gasteiger partial charge in [0.1, 0.15) is 23.2 Å². The molecule has 0 aromatic heterocycles. The van der Waals surface area contributed by atoms with E-state index in [0.29, 0.717) is 33.6 Å². The van der Waals surface area contributed by atoms with Gasteiger partial charge in [0, 0.05) is 16.9 Å². The number of ether oxygens (including phenoxy) is 2. The minimum atomic E-state index is -0.710. The number of thiocarbonyl (C=S) groups is 1. The second-order valence-electron chi connectivity index (χ2n) is 6.18. The van der Waals surface area contributed by atoms with E-state index in [-0.39, 0.29) is 11.7 Å². The Labute approximate surface area is 167 Å². The maximum Gasteiger partial charge on any atom is 0.235 e. The molecule has 6 nitrogen and oxygen atoms in total. The van der Waals surface area contributed by atoms with E-state index in [2.05, 4.69) is 22.5 Å². The minimum Gasteiger partial charge on any atom is -0.497 e. The zero-order chi connectivity index (χ0) is 20.3. The Kier molecular flexibility index (Phi) is 5.79. The lowest BCUT2D eigenvalue weighted by atomic mass is 9.87. The van der Waals surface area contributed by atoms with Crippen LogP contribution < -0.4 is 25.4 Å². The quantitative estimate of drug-likeness (QED) is 0.669. The molecule has 0 unspecified atom stereocenters. The molecule has 2 aromatic rings. The van der Waals surface area contributed by atoms with Crippen LogP contribution in [-0.2, 0) is 4.79 Å². The van der Waals surface area contributed by atoms with Crippen molar-refractivity contribution in [2.45, 2.75) is 6.04 Å². The first-order valence-corrected chi connectivity index (χ1v) is 8.88. The zero-order valence-electron chi connectivity index (χ0n) is 15.4. The fourth-order valence-electron chi connectivity index (χ4n) is 3.09. The Morgan fingerprint density at radius 1 is 1.18 bits per heavy atom. The summed E-state index contributed by atoms with van der Waals surface area (Å²) in [5.74, 6) is -0.222. The highest BCUT2D eigenvalue weighted by atomic mass is 32.1. The number of carbonyl (C=O) groups excluding carboxylic acids is 1. The highest BCUT2D eigenvalue weighted by Crippen LogP contribution is 2.37. The van der Waals surface area contributed by atoms with Crippen molar-refractivity contribution >= 4 is 28.9 Å². The summed E-state index contributed by atoms with van der Waals surface area (Å²) in [6.07, 6.45) is 0. The summed E-state index contributed by atoms with van der Waals surface area (Å²) in [4.78, 5) is 13.0. The zero-order valence-corrected chi connectivity index (χ0v) is 16.2. The lowest BCUT2D eigenvalue weighted by molar-refractivity contribution is -0.119. The molecule has 0 radical (unpaired) electrons. The number of carbonyl (C=O) groups is 1. The number of hydrogen-bond donors (Lipinski definition) is 3. The van der Waals surface area contributed by atoms with Gasteiger partial charge in [-0.15, -0.1) is 0 Å². The third-order valence-electron chi connectivity index (χ3n) is 4.44. The molecule has 0 bridgehead atoms. The molecule has 28 heavy (non-hydrogen) atoms. The van der Waals surface area contributed by atoms with E-state index >= 15 is 0 Å². The van der Waals surface area contributed by atoms with Crippen LogP contribution in [0.25, 0.3) is 0 Å². The number of halogens is 1. The van der Waals surface area contributed by atoms with E-state index in [4.69, 9.17) is 21.7 Å². The average Bonchev–Trinajstić information content (AvgIpc) is 2.68. The first-order valence-electron chi connectivity index (χ1n) is 8.47. The normalized spacial score (nSPS) is 18.7. The van der Waals surface area contributed by atoms with Crippen LogP contribution in [0, 0.1) is 11.7 Å². The molecule has 3 N–H and O–H groups in total. The summed E-state index contributed by atoms with van der Waals surface area (Å²) in [6, 6.07) is 10.3. The molecule has 1 aliphatic rings. The Bertz CT molecular complexity index is 917. The van der Waals surface area contributed by atoms with Crippen LogP contribution in [0.3, 0.4) is 0 Å². The number of amides is 1. The van der Waals surface area contributed by atoms with Crippen molar-refractivity contribution in [2.75, 3.05) is 19.5 Å². The maximum atomic E-state index is 13.1. The van der Waals surface area contributed by atoms with Gasteiger partial charge in [0.05, 0.1) is 20.3 Å². The van der Waals surface area contributed by atoms with Crippen molar-refractivity contribution in [3.63, 3.8) is 0 Å². The fraction of sp³-hybridized carbons (Fsp3) is 0.200. The van der Waals surface area contributed by atoms with Crippen molar-refractivity contribution in [1.29, 1.82) is 0 Å². The molecule has 1 fully saturated rings. The second-order valence-corrected chi connectivity index (χ2v) is 6.59. The van der Waals surface area contributed by atoms with Crippen LogP contribution >= 0.6 is 12.2 Å². The molecule has 3 rings (SSSR count). The maximum absolute atomic E-state index is 13.1. The van der Waals surface area contributed by atoms with Gasteiger partial charge in [0.25, 0.3) is 0 Å². The first-order chi connectivity index (χ1) is 13.4. The molecule has 2 atom stereocenters. The number of anilines is 1. The van der Waals surface area contributed by atoms with Crippen molar-refractivity contribution in [1.82, 2.24) is 10.6 Å². The Hall–Kier alpha value is -3.13. The van der Waals surface area contributed by atoms with Gasteiger partial charge in [-0.1, -0.05) is 6.58 Å². The molecular formula is C20H20FN3O3S. The average molecular weight is 401 g/mol. The van der Waals surface area contributed by atoms with Crippen LogP contribution in [0.15, 0.2) is 54.7 Å². The number of nitrogens with one attached hydrogen (secondary N) is 3. The highest BCUT2D eigenvalue weighted by molar-refractivity contribution is 7.80. The highest BCUT2D eigenvalue weighted by Gasteiger charge is 2.38. The number of hydrogen-bond acceptors (Lipinski definition) is 4. The third-order valence-corrected chi connectivity index (χ3v) is 4.66. The summed E-state index contributed by atoms with van der Waals surface area (Å²) >= 11 is 5.26. The van der Waals surface area contributed by atoms with Crippen LogP contribution in [0.5, 0.6) is 11.5 Å². The molecule has 8 heteroatoms. The summed E-state index contributed by atoms with van der Waals surface area (Å²) in [5, 5.41) is 9.16. The first kappa shape index (κ1) is 19.6.